The Balaban J connectivity index is 2.13. The number of rotatable bonds is 13. The Kier molecular flexibility index (Phi) is 10.4. The van der Waals surface area contributed by atoms with Crippen LogP contribution in [0.1, 0.15) is 70.8 Å². The standard InChI is InChI=1S/C13H12NO.3C4H9.Sn/c1-3-7-12-10(2)15-13(14-12)11-8-5-4-6-9-11;3*1-3-4-2;/h1,3-6,8-9H,7H2,2H3;3*1,3-4H2,2H3;. The average Bonchev–Trinajstić information content (AvgIpc) is 3.10. The van der Waals surface area contributed by atoms with Crippen LogP contribution in [-0.2, 0) is 6.42 Å². The van der Waals surface area contributed by atoms with E-state index >= 15 is 0 Å². The molecule has 3 heteroatoms. The van der Waals surface area contributed by atoms with Crippen LogP contribution in [0.15, 0.2) is 44.9 Å². The van der Waals surface area contributed by atoms with Crippen LogP contribution in [0.5, 0.6) is 0 Å². The zero-order chi connectivity index (χ0) is 20.2. The molecule has 1 aromatic carbocycles. The first-order valence-electron chi connectivity index (χ1n) is 11.3. The van der Waals surface area contributed by atoms with Crippen LogP contribution in [0.2, 0.25) is 13.3 Å². The summed E-state index contributed by atoms with van der Waals surface area (Å²) in [5, 5.41) is 0. The predicted octanol–water partition coefficient (Wildman–Crippen LogP) is 8.14. The molecule has 0 radical (unpaired) electrons. The molecule has 0 aliphatic heterocycles. The first-order valence-corrected chi connectivity index (χ1v) is 19.0. The van der Waals surface area contributed by atoms with Crippen molar-refractivity contribution in [2.45, 2.75) is 86.0 Å². The summed E-state index contributed by atoms with van der Waals surface area (Å²) >= 11 is -2.19. The van der Waals surface area contributed by atoms with E-state index in [-0.39, 0.29) is 0 Å². The van der Waals surface area contributed by atoms with Gasteiger partial charge >= 0.3 is 177 Å². The van der Waals surface area contributed by atoms with Crippen LogP contribution in [0.4, 0.5) is 0 Å². The third-order valence-corrected chi connectivity index (χ3v) is 20.0. The van der Waals surface area contributed by atoms with E-state index in [1.165, 1.54) is 51.8 Å². The molecule has 1 aromatic heterocycles. The van der Waals surface area contributed by atoms with Crippen molar-refractivity contribution in [3.63, 3.8) is 0 Å². The molecule has 2 rings (SSSR count). The van der Waals surface area contributed by atoms with E-state index in [9.17, 15) is 0 Å². The summed E-state index contributed by atoms with van der Waals surface area (Å²) in [6.45, 7) is 9.06. The van der Waals surface area contributed by atoms with E-state index in [0.29, 0.717) is 0 Å². The van der Waals surface area contributed by atoms with Crippen molar-refractivity contribution in [2.75, 3.05) is 0 Å². The summed E-state index contributed by atoms with van der Waals surface area (Å²) in [6, 6.07) is 10.2. The fraction of sp³-hybridized carbons (Fsp3) is 0.560. The first-order chi connectivity index (χ1) is 13.6. The molecule has 0 saturated carbocycles. The quantitative estimate of drug-likeness (QED) is 0.266. The maximum atomic E-state index is 5.95. The molecule has 0 amide bonds. The summed E-state index contributed by atoms with van der Waals surface area (Å²) in [5.41, 5.74) is 2.15. The minimum atomic E-state index is -2.19. The van der Waals surface area contributed by atoms with E-state index in [1.54, 1.807) is 0 Å². The molecule has 0 fully saturated rings. The Labute approximate surface area is 176 Å². The Morgan fingerprint density at radius 3 is 2.00 bits per heavy atom. The molecule has 0 unspecified atom stereocenters. The van der Waals surface area contributed by atoms with Crippen LogP contribution in [0, 0.1) is 6.92 Å². The third-order valence-electron chi connectivity index (χ3n) is 5.78. The van der Waals surface area contributed by atoms with Gasteiger partial charge < -0.3 is 0 Å². The van der Waals surface area contributed by atoms with E-state index < -0.39 is 18.4 Å². The Morgan fingerprint density at radius 2 is 1.46 bits per heavy atom. The van der Waals surface area contributed by atoms with Crippen molar-refractivity contribution < 1.29 is 4.42 Å². The van der Waals surface area contributed by atoms with Gasteiger partial charge in [0.05, 0.1) is 0 Å². The molecule has 0 aliphatic carbocycles. The summed E-state index contributed by atoms with van der Waals surface area (Å²) in [5.74, 6) is 1.71. The number of oxazole rings is 1. The van der Waals surface area contributed by atoms with E-state index in [2.05, 4.69) is 43.1 Å². The first kappa shape index (κ1) is 23.2. The van der Waals surface area contributed by atoms with Crippen molar-refractivity contribution in [3.05, 3.63) is 52.0 Å². The summed E-state index contributed by atoms with van der Waals surface area (Å²) in [6.07, 6.45) is 11.6. The molecule has 28 heavy (non-hydrogen) atoms. The van der Waals surface area contributed by atoms with Gasteiger partial charge in [0.1, 0.15) is 0 Å². The molecule has 0 atom stereocenters. The summed E-state index contributed by atoms with van der Waals surface area (Å²) < 4.78 is 13.3. The fourth-order valence-corrected chi connectivity index (χ4v) is 18.3. The number of hydrogen-bond acceptors (Lipinski definition) is 2. The van der Waals surface area contributed by atoms with Crippen LogP contribution < -0.4 is 0 Å². The molecule has 0 aliphatic rings. The molecule has 0 saturated heterocycles. The van der Waals surface area contributed by atoms with E-state index in [4.69, 9.17) is 9.40 Å². The number of aryl methyl sites for hydroxylation is 1. The van der Waals surface area contributed by atoms with Crippen molar-refractivity contribution in [1.29, 1.82) is 0 Å². The van der Waals surface area contributed by atoms with Gasteiger partial charge in [0, 0.05) is 0 Å². The van der Waals surface area contributed by atoms with Crippen LogP contribution in [0.25, 0.3) is 11.5 Å². The van der Waals surface area contributed by atoms with E-state index in [0.717, 1.165) is 29.3 Å². The van der Waals surface area contributed by atoms with Gasteiger partial charge in [-0.25, -0.2) is 0 Å². The zero-order valence-corrected chi connectivity index (χ0v) is 21.3. The number of allylic oxidation sites excluding steroid dienone is 1. The van der Waals surface area contributed by atoms with Crippen LogP contribution in [-0.4, -0.2) is 23.4 Å². The second-order valence-corrected chi connectivity index (χ2v) is 21.2. The monoisotopic (exact) mass is 489 g/mol. The normalized spacial score (nSPS) is 12.1. The van der Waals surface area contributed by atoms with Crippen LogP contribution >= 0.6 is 0 Å². The van der Waals surface area contributed by atoms with E-state index in [1.807, 2.05) is 25.1 Å². The topological polar surface area (TPSA) is 26.0 Å². The molecular weight excluding hydrogens is 449 g/mol. The van der Waals surface area contributed by atoms with Gasteiger partial charge in [-0.15, -0.1) is 0 Å². The van der Waals surface area contributed by atoms with Gasteiger partial charge in [-0.05, 0) is 0 Å². The average molecular weight is 488 g/mol. The molecule has 1 heterocycles. The molecule has 154 valence electrons. The molecule has 0 N–H and O–H groups in total. The number of benzene rings is 1. The molecule has 2 nitrogen and oxygen atoms in total. The molecule has 0 bridgehead atoms. The zero-order valence-electron chi connectivity index (χ0n) is 18.5. The van der Waals surface area contributed by atoms with Crippen LogP contribution in [0.3, 0.4) is 0 Å². The number of aromatic nitrogens is 1. The Morgan fingerprint density at radius 1 is 0.893 bits per heavy atom. The third kappa shape index (κ3) is 7.09. The van der Waals surface area contributed by atoms with Crippen molar-refractivity contribution in [1.82, 2.24) is 4.98 Å². The van der Waals surface area contributed by atoms with Gasteiger partial charge in [0.25, 0.3) is 0 Å². The van der Waals surface area contributed by atoms with Gasteiger partial charge in [0.2, 0.25) is 0 Å². The van der Waals surface area contributed by atoms with Gasteiger partial charge in [-0.2, -0.15) is 0 Å². The maximum absolute atomic E-state index is 5.95. The van der Waals surface area contributed by atoms with Gasteiger partial charge in [-0.3, -0.25) is 0 Å². The predicted molar refractivity (Wildman–Crippen MR) is 124 cm³/mol. The molecular formula is C25H39NOSn. The Bertz CT molecular complexity index is 683. The number of nitrogens with zero attached hydrogens (tertiary/aromatic N) is 1. The van der Waals surface area contributed by atoms with Gasteiger partial charge in [0.15, 0.2) is 0 Å². The summed E-state index contributed by atoms with van der Waals surface area (Å²) in [4.78, 5) is 4.79. The fourth-order valence-electron chi connectivity index (χ4n) is 3.95. The number of hydrogen-bond donors (Lipinski definition) is 0. The Hall–Kier alpha value is -1.03. The second-order valence-electron chi connectivity index (χ2n) is 8.17. The van der Waals surface area contributed by atoms with Gasteiger partial charge in [-0.1, -0.05) is 0 Å². The molecule has 0 spiro atoms. The molecule has 2 aromatic rings. The number of unbranched alkanes of at least 4 members (excludes halogenated alkanes) is 3. The van der Waals surface area contributed by atoms with Crippen molar-refractivity contribution in [2.24, 2.45) is 0 Å². The SMILES string of the molecule is CCC[CH2][Sn](/[CH]=C/Cc1nc(-c2ccccc2)oc1C)([CH2]CCC)[CH2]CCC. The van der Waals surface area contributed by atoms with Crippen molar-refractivity contribution in [3.8, 4) is 11.5 Å². The summed E-state index contributed by atoms with van der Waals surface area (Å²) in [7, 11) is 0. The minimum absolute atomic E-state index is 0.749. The van der Waals surface area contributed by atoms with Crippen molar-refractivity contribution >= 4 is 18.4 Å². The second kappa shape index (κ2) is 12.5.